The average Bonchev–Trinajstić information content (AvgIpc) is 2.66. The van der Waals surface area contributed by atoms with Crippen LogP contribution in [0.25, 0.3) is 0 Å². The van der Waals surface area contributed by atoms with Crippen molar-refractivity contribution in [2.45, 2.75) is 46.1 Å². The second-order valence-electron chi connectivity index (χ2n) is 6.51. The molecule has 0 saturated carbocycles. The number of hydrogen-bond donors (Lipinski definition) is 1. The topological polar surface area (TPSA) is 38.5 Å². The maximum Gasteiger partial charge on any atom is 0.0462 e. The van der Waals surface area contributed by atoms with E-state index in [-0.39, 0.29) is 0 Å². The standard InChI is InChI=1S/C14H30N2O/c1-14(2,3)12-7-8-16(10-12)11-13(15)6-5-9-17-4/h12-13H,5-11,15H2,1-4H3. The molecule has 17 heavy (non-hydrogen) atoms. The van der Waals surface area contributed by atoms with Crippen LogP contribution >= 0.6 is 0 Å². The summed E-state index contributed by atoms with van der Waals surface area (Å²) in [4.78, 5) is 2.54. The van der Waals surface area contributed by atoms with Crippen molar-refractivity contribution < 1.29 is 4.74 Å². The zero-order valence-electron chi connectivity index (χ0n) is 12.0. The van der Waals surface area contributed by atoms with Crippen molar-refractivity contribution in [3.63, 3.8) is 0 Å². The van der Waals surface area contributed by atoms with Crippen molar-refractivity contribution in [1.29, 1.82) is 0 Å². The lowest BCUT2D eigenvalue weighted by Gasteiger charge is -2.27. The minimum Gasteiger partial charge on any atom is -0.385 e. The van der Waals surface area contributed by atoms with Gasteiger partial charge in [-0.3, -0.25) is 0 Å². The molecule has 0 aliphatic carbocycles. The Morgan fingerprint density at radius 2 is 2.12 bits per heavy atom. The van der Waals surface area contributed by atoms with Crippen LogP contribution in [0.3, 0.4) is 0 Å². The number of rotatable bonds is 6. The molecular weight excluding hydrogens is 212 g/mol. The highest BCUT2D eigenvalue weighted by atomic mass is 16.5. The smallest absolute Gasteiger partial charge is 0.0462 e. The second-order valence-corrected chi connectivity index (χ2v) is 6.51. The molecule has 1 saturated heterocycles. The van der Waals surface area contributed by atoms with Crippen molar-refractivity contribution >= 4 is 0 Å². The minimum atomic E-state index is 0.309. The molecule has 3 nitrogen and oxygen atoms in total. The normalized spacial score (nSPS) is 24.2. The lowest BCUT2D eigenvalue weighted by molar-refractivity contribution is 0.185. The quantitative estimate of drug-likeness (QED) is 0.725. The molecule has 0 amide bonds. The molecular formula is C14H30N2O. The number of nitrogens with zero attached hydrogens (tertiary/aromatic N) is 1. The maximum atomic E-state index is 6.15. The fourth-order valence-electron chi connectivity index (χ4n) is 2.62. The average molecular weight is 242 g/mol. The summed E-state index contributed by atoms with van der Waals surface area (Å²) in [6.45, 7) is 11.4. The summed E-state index contributed by atoms with van der Waals surface area (Å²) in [5.74, 6) is 0.827. The zero-order valence-corrected chi connectivity index (χ0v) is 12.0. The van der Waals surface area contributed by atoms with Crippen LogP contribution in [-0.4, -0.2) is 44.3 Å². The maximum absolute atomic E-state index is 6.15. The van der Waals surface area contributed by atoms with Gasteiger partial charge in [0.15, 0.2) is 0 Å². The van der Waals surface area contributed by atoms with Crippen molar-refractivity contribution in [2.24, 2.45) is 17.1 Å². The zero-order chi connectivity index (χ0) is 12.9. The van der Waals surface area contributed by atoms with E-state index in [1.807, 2.05) is 0 Å². The summed E-state index contributed by atoms with van der Waals surface area (Å²) in [5.41, 5.74) is 6.59. The molecule has 0 aromatic rings. The van der Waals surface area contributed by atoms with Crippen LogP contribution < -0.4 is 5.73 Å². The molecule has 0 bridgehead atoms. The molecule has 1 rings (SSSR count). The van der Waals surface area contributed by atoms with Gasteiger partial charge in [0.2, 0.25) is 0 Å². The number of nitrogens with two attached hydrogens (primary N) is 1. The minimum absolute atomic E-state index is 0.309. The first-order valence-electron chi connectivity index (χ1n) is 6.90. The van der Waals surface area contributed by atoms with Crippen LogP contribution in [-0.2, 0) is 4.74 Å². The molecule has 2 N–H and O–H groups in total. The summed E-state index contributed by atoms with van der Waals surface area (Å²) < 4.78 is 5.05. The highest BCUT2D eigenvalue weighted by Gasteiger charge is 2.31. The van der Waals surface area contributed by atoms with Gasteiger partial charge in [0.25, 0.3) is 0 Å². The molecule has 102 valence electrons. The molecule has 2 atom stereocenters. The van der Waals surface area contributed by atoms with Crippen molar-refractivity contribution in [3.05, 3.63) is 0 Å². The Labute approximate surface area is 107 Å². The highest BCUT2D eigenvalue weighted by molar-refractivity contribution is 4.85. The Hall–Kier alpha value is -0.120. The van der Waals surface area contributed by atoms with Crippen LogP contribution in [0.4, 0.5) is 0 Å². The van der Waals surface area contributed by atoms with Gasteiger partial charge in [0.1, 0.15) is 0 Å². The molecule has 0 spiro atoms. The van der Waals surface area contributed by atoms with Gasteiger partial charge in [0, 0.05) is 32.8 Å². The Balaban J connectivity index is 2.21. The van der Waals surface area contributed by atoms with Gasteiger partial charge >= 0.3 is 0 Å². The van der Waals surface area contributed by atoms with Gasteiger partial charge in [0.05, 0.1) is 0 Å². The summed E-state index contributed by atoms with van der Waals surface area (Å²) in [6, 6.07) is 0.309. The Bertz CT molecular complexity index is 213. The van der Waals surface area contributed by atoms with Crippen molar-refractivity contribution in [2.75, 3.05) is 33.4 Å². The molecule has 1 aliphatic rings. The van der Waals surface area contributed by atoms with Gasteiger partial charge in [-0.2, -0.15) is 0 Å². The SMILES string of the molecule is COCCCC(N)CN1CCC(C(C)(C)C)C1. The van der Waals surface area contributed by atoms with E-state index in [0.29, 0.717) is 11.5 Å². The van der Waals surface area contributed by atoms with E-state index in [1.165, 1.54) is 19.5 Å². The van der Waals surface area contributed by atoms with E-state index in [2.05, 4.69) is 25.7 Å². The van der Waals surface area contributed by atoms with E-state index in [4.69, 9.17) is 10.5 Å². The van der Waals surface area contributed by atoms with Gasteiger partial charge in [-0.1, -0.05) is 20.8 Å². The van der Waals surface area contributed by atoms with Crippen LogP contribution in [0.1, 0.15) is 40.0 Å². The fourth-order valence-corrected chi connectivity index (χ4v) is 2.62. The third kappa shape index (κ3) is 5.36. The largest absolute Gasteiger partial charge is 0.385 e. The van der Waals surface area contributed by atoms with Gasteiger partial charge in [-0.15, -0.1) is 0 Å². The Morgan fingerprint density at radius 1 is 1.41 bits per heavy atom. The molecule has 0 aromatic heterocycles. The number of ether oxygens (including phenoxy) is 1. The van der Waals surface area contributed by atoms with Crippen LogP contribution in [0.2, 0.25) is 0 Å². The summed E-state index contributed by atoms with van der Waals surface area (Å²) in [7, 11) is 1.75. The van der Waals surface area contributed by atoms with Gasteiger partial charge in [-0.05, 0) is 37.1 Å². The third-order valence-electron chi connectivity index (χ3n) is 3.91. The van der Waals surface area contributed by atoms with E-state index in [0.717, 1.165) is 31.9 Å². The lowest BCUT2D eigenvalue weighted by Crippen LogP contribution is -2.37. The van der Waals surface area contributed by atoms with Crippen LogP contribution in [0, 0.1) is 11.3 Å². The Kier molecular flexibility index (Phi) is 5.90. The van der Waals surface area contributed by atoms with E-state index in [9.17, 15) is 0 Å². The van der Waals surface area contributed by atoms with Crippen LogP contribution in [0.15, 0.2) is 0 Å². The molecule has 1 heterocycles. The first kappa shape index (κ1) is 14.9. The van der Waals surface area contributed by atoms with Gasteiger partial charge < -0.3 is 15.4 Å². The van der Waals surface area contributed by atoms with Crippen molar-refractivity contribution in [1.82, 2.24) is 4.90 Å². The van der Waals surface area contributed by atoms with E-state index < -0.39 is 0 Å². The fraction of sp³-hybridized carbons (Fsp3) is 1.00. The second kappa shape index (κ2) is 6.72. The first-order chi connectivity index (χ1) is 7.93. The lowest BCUT2D eigenvalue weighted by atomic mass is 9.80. The number of methoxy groups -OCH3 is 1. The summed E-state index contributed by atoms with van der Waals surface area (Å²) in [5, 5.41) is 0. The monoisotopic (exact) mass is 242 g/mol. The third-order valence-corrected chi connectivity index (χ3v) is 3.91. The Morgan fingerprint density at radius 3 is 2.65 bits per heavy atom. The predicted molar refractivity (Wildman–Crippen MR) is 73.1 cm³/mol. The first-order valence-corrected chi connectivity index (χ1v) is 6.90. The van der Waals surface area contributed by atoms with Crippen LogP contribution in [0.5, 0.6) is 0 Å². The number of likely N-dealkylation sites (tertiary alicyclic amines) is 1. The number of hydrogen-bond acceptors (Lipinski definition) is 3. The molecule has 3 heteroatoms. The molecule has 0 radical (unpaired) electrons. The van der Waals surface area contributed by atoms with Gasteiger partial charge in [-0.25, -0.2) is 0 Å². The molecule has 0 aromatic carbocycles. The van der Waals surface area contributed by atoms with E-state index in [1.54, 1.807) is 7.11 Å². The highest BCUT2D eigenvalue weighted by Crippen LogP contribution is 2.33. The molecule has 1 fully saturated rings. The summed E-state index contributed by atoms with van der Waals surface area (Å²) >= 11 is 0. The molecule has 2 unspecified atom stereocenters. The predicted octanol–water partition coefficient (Wildman–Crippen LogP) is 2.11. The van der Waals surface area contributed by atoms with Crippen molar-refractivity contribution in [3.8, 4) is 0 Å². The van der Waals surface area contributed by atoms with E-state index >= 15 is 0 Å². The molecule has 1 aliphatic heterocycles. The summed E-state index contributed by atoms with van der Waals surface area (Å²) in [6.07, 6.45) is 3.48.